The fraction of sp³-hybridized carbons (Fsp3) is 0.524. The summed E-state index contributed by atoms with van der Waals surface area (Å²) in [6.45, 7) is 5.19. The number of carbonyl (C=O) groups is 1. The van der Waals surface area contributed by atoms with Crippen LogP contribution in [-0.4, -0.2) is 29.7 Å². The van der Waals surface area contributed by atoms with Crippen LogP contribution in [0.2, 0.25) is 0 Å². The molecule has 1 aromatic carbocycles. The zero-order valence-corrected chi connectivity index (χ0v) is 16.8. The number of benzene rings is 1. The van der Waals surface area contributed by atoms with Gasteiger partial charge in [0.1, 0.15) is 5.78 Å². The molecule has 0 aliphatic heterocycles. The summed E-state index contributed by atoms with van der Waals surface area (Å²) in [6.07, 6.45) is 5.72. The van der Waals surface area contributed by atoms with Crippen LogP contribution >= 0.6 is 0 Å². The molecule has 2 rings (SSSR count). The van der Waals surface area contributed by atoms with E-state index in [0.717, 1.165) is 35.7 Å². The summed E-state index contributed by atoms with van der Waals surface area (Å²) < 4.78 is 23.4. The first-order valence-electron chi connectivity index (χ1n) is 9.27. The molecule has 142 valence electrons. The Morgan fingerprint density at radius 3 is 2.46 bits per heavy atom. The van der Waals surface area contributed by atoms with Crippen LogP contribution < -0.4 is 0 Å². The van der Waals surface area contributed by atoms with E-state index in [4.69, 9.17) is 0 Å². The Bertz CT molecular complexity index is 846. The molecule has 0 unspecified atom stereocenters. The van der Waals surface area contributed by atoms with Crippen molar-refractivity contribution in [3.05, 3.63) is 42.1 Å². The Kier molecular flexibility index (Phi) is 6.93. The molecule has 1 aromatic heterocycles. The fourth-order valence-electron chi connectivity index (χ4n) is 2.87. The lowest BCUT2D eigenvalue weighted by Gasteiger charge is -2.18. The van der Waals surface area contributed by atoms with Crippen molar-refractivity contribution in [2.45, 2.75) is 64.0 Å². The summed E-state index contributed by atoms with van der Waals surface area (Å²) in [5, 5.41) is 1.11. The molecule has 0 amide bonds. The van der Waals surface area contributed by atoms with Crippen molar-refractivity contribution in [3.63, 3.8) is 0 Å². The maximum absolute atomic E-state index is 12.1. The third kappa shape index (κ3) is 5.63. The van der Waals surface area contributed by atoms with Gasteiger partial charge in [0.2, 0.25) is 0 Å². The molecule has 26 heavy (non-hydrogen) atoms. The molecule has 1 heterocycles. The summed E-state index contributed by atoms with van der Waals surface area (Å²) in [4.78, 5) is 16.5. The maximum Gasteiger partial charge on any atom is 0.155 e. The summed E-state index contributed by atoms with van der Waals surface area (Å²) in [5.41, 5.74) is 2.11. The van der Waals surface area contributed by atoms with Crippen LogP contribution in [0, 0.1) is 0 Å². The van der Waals surface area contributed by atoms with Gasteiger partial charge in [-0.25, -0.2) is 8.42 Å². The van der Waals surface area contributed by atoms with E-state index in [1.54, 1.807) is 27.0 Å². The number of ketones is 1. The Morgan fingerprint density at radius 2 is 1.73 bits per heavy atom. The summed E-state index contributed by atoms with van der Waals surface area (Å²) >= 11 is 0. The summed E-state index contributed by atoms with van der Waals surface area (Å²) in [7, 11) is -3.06. The molecule has 0 bridgehead atoms. The van der Waals surface area contributed by atoms with Crippen molar-refractivity contribution in [1.82, 2.24) is 4.98 Å². The number of unbranched alkanes of at least 4 members (excludes halogenated alkanes) is 2. The molecule has 2 aromatic rings. The number of aryl methyl sites for hydroxylation is 1. The van der Waals surface area contributed by atoms with Gasteiger partial charge in [-0.2, -0.15) is 0 Å². The monoisotopic (exact) mass is 375 g/mol. The molecule has 0 N–H and O–H groups in total. The van der Waals surface area contributed by atoms with Gasteiger partial charge >= 0.3 is 0 Å². The summed E-state index contributed by atoms with van der Waals surface area (Å²) in [5.74, 6) is 0.442. The second-order valence-corrected chi connectivity index (χ2v) is 10.6. The quantitative estimate of drug-likeness (QED) is 0.605. The SMILES string of the molecule is CC(C)(C)S(=O)(=O)CCCCCC(=O)CCc1ccnc2ccccc12. The number of carbonyl (C=O) groups excluding carboxylic acids is 1. The highest BCUT2D eigenvalue weighted by Crippen LogP contribution is 2.19. The van der Waals surface area contributed by atoms with Crippen LogP contribution in [0.5, 0.6) is 0 Å². The topological polar surface area (TPSA) is 64.1 Å². The van der Waals surface area contributed by atoms with Crippen molar-refractivity contribution >= 4 is 26.5 Å². The van der Waals surface area contributed by atoms with Crippen LogP contribution in [0.3, 0.4) is 0 Å². The number of sulfone groups is 1. The average Bonchev–Trinajstić information content (AvgIpc) is 2.58. The lowest BCUT2D eigenvalue weighted by molar-refractivity contribution is -0.119. The molecule has 0 saturated heterocycles. The second-order valence-electron chi connectivity index (χ2n) is 7.77. The van der Waals surface area contributed by atoms with Crippen LogP contribution in [-0.2, 0) is 21.1 Å². The smallest absolute Gasteiger partial charge is 0.155 e. The van der Waals surface area contributed by atoms with Crippen molar-refractivity contribution in [2.75, 3.05) is 5.75 Å². The molecule has 5 heteroatoms. The fourth-order valence-corrected chi connectivity index (χ4v) is 4.07. The first-order valence-corrected chi connectivity index (χ1v) is 10.9. The van der Waals surface area contributed by atoms with Crippen molar-refractivity contribution < 1.29 is 13.2 Å². The number of rotatable bonds is 9. The zero-order chi connectivity index (χ0) is 19.2. The van der Waals surface area contributed by atoms with Gasteiger partial charge < -0.3 is 0 Å². The number of nitrogens with zero attached hydrogens (tertiary/aromatic N) is 1. The number of Topliss-reactive ketones (excluding diaryl/α,β-unsaturated/α-hetero) is 1. The number of fused-ring (bicyclic) bond motifs is 1. The third-order valence-electron chi connectivity index (χ3n) is 4.71. The summed E-state index contributed by atoms with van der Waals surface area (Å²) in [6, 6.07) is 9.95. The highest BCUT2D eigenvalue weighted by atomic mass is 32.2. The van der Waals surface area contributed by atoms with E-state index < -0.39 is 14.6 Å². The molecule has 0 atom stereocenters. The van der Waals surface area contributed by atoms with Gasteiger partial charge in [-0.1, -0.05) is 24.6 Å². The third-order valence-corrected chi connectivity index (χ3v) is 7.41. The largest absolute Gasteiger partial charge is 0.300 e. The van der Waals surface area contributed by atoms with Gasteiger partial charge in [-0.15, -0.1) is 0 Å². The van der Waals surface area contributed by atoms with E-state index in [1.807, 2.05) is 30.3 Å². The predicted octanol–water partition coefficient (Wildman–Crippen LogP) is 4.51. The first-order chi connectivity index (χ1) is 12.2. The molecule has 0 aliphatic rings. The molecular formula is C21H29NO3S. The van der Waals surface area contributed by atoms with Crippen molar-refractivity contribution in [3.8, 4) is 0 Å². The molecule has 4 nitrogen and oxygen atoms in total. The molecular weight excluding hydrogens is 346 g/mol. The molecule has 0 radical (unpaired) electrons. The lowest BCUT2D eigenvalue weighted by Crippen LogP contribution is -2.30. The van der Waals surface area contributed by atoms with E-state index in [0.29, 0.717) is 19.3 Å². The van der Waals surface area contributed by atoms with Crippen LogP contribution in [0.4, 0.5) is 0 Å². The maximum atomic E-state index is 12.1. The second kappa shape index (κ2) is 8.76. The van der Waals surface area contributed by atoms with E-state index in [9.17, 15) is 13.2 Å². The first kappa shape index (κ1) is 20.6. The van der Waals surface area contributed by atoms with E-state index in [1.165, 1.54) is 0 Å². The Morgan fingerprint density at radius 1 is 1.00 bits per heavy atom. The number of hydrogen-bond donors (Lipinski definition) is 0. The Hall–Kier alpha value is -1.75. The highest BCUT2D eigenvalue weighted by Gasteiger charge is 2.27. The minimum absolute atomic E-state index is 0.202. The molecule has 0 spiro atoms. The minimum Gasteiger partial charge on any atom is -0.300 e. The lowest BCUT2D eigenvalue weighted by atomic mass is 10.0. The number of aromatic nitrogens is 1. The number of hydrogen-bond acceptors (Lipinski definition) is 4. The Labute approximate surface area is 156 Å². The van der Waals surface area contributed by atoms with Crippen molar-refractivity contribution in [1.29, 1.82) is 0 Å². The zero-order valence-electron chi connectivity index (χ0n) is 16.0. The average molecular weight is 376 g/mol. The normalized spacial score (nSPS) is 12.4. The van der Waals surface area contributed by atoms with Crippen LogP contribution in [0.15, 0.2) is 36.5 Å². The Balaban J connectivity index is 1.73. The van der Waals surface area contributed by atoms with E-state index in [-0.39, 0.29) is 11.5 Å². The van der Waals surface area contributed by atoms with E-state index >= 15 is 0 Å². The highest BCUT2D eigenvalue weighted by molar-refractivity contribution is 7.92. The molecule has 0 fully saturated rings. The van der Waals surface area contributed by atoms with Crippen LogP contribution in [0.25, 0.3) is 10.9 Å². The number of para-hydroxylation sites is 1. The minimum atomic E-state index is -3.06. The predicted molar refractivity (Wildman–Crippen MR) is 107 cm³/mol. The van der Waals surface area contributed by atoms with Crippen LogP contribution in [0.1, 0.15) is 58.4 Å². The van der Waals surface area contributed by atoms with E-state index in [2.05, 4.69) is 4.98 Å². The van der Waals surface area contributed by atoms with Gasteiger partial charge in [0, 0.05) is 24.4 Å². The standard InChI is InChI=1S/C21H29NO3S/c1-21(2,3)26(24,25)16-8-4-5-9-18(23)13-12-17-14-15-22-20-11-7-6-10-19(17)20/h6-7,10-11,14-15H,4-5,8-9,12-13,16H2,1-3H3. The van der Waals surface area contributed by atoms with Crippen molar-refractivity contribution in [2.24, 2.45) is 0 Å². The van der Waals surface area contributed by atoms with Gasteiger partial charge in [0.25, 0.3) is 0 Å². The van der Waals surface area contributed by atoms with Gasteiger partial charge in [0.15, 0.2) is 9.84 Å². The van der Waals surface area contributed by atoms with Gasteiger partial charge in [0.05, 0.1) is 16.0 Å². The van der Waals surface area contributed by atoms with Gasteiger partial charge in [-0.05, 0) is 57.7 Å². The molecule has 0 saturated carbocycles. The number of pyridine rings is 1. The molecule has 0 aliphatic carbocycles. The van der Waals surface area contributed by atoms with Gasteiger partial charge in [-0.3, -0.25) is 9.78 Å².